The minimum absolute atomic E-state index is 0.679. The maximum absolute atomic E-state index is 5.25. The zero-order valence-electron chi connectivity index (χ0n) is 12.1. The van der Waals surface area contributed by atoms with E-state index in [4.69, 9.17) is 9.47 Å². The van der Waals surface area contributed by atoms with Crippen LogP contribution in [0.15, 0.2) is 24.4 Å². The van der Waals surface area contributed by atoms with Crippen molar-refractivity contribution in [3.8, 4) is 11.4 Å². The monoisotopic (exact) mass is 276 g/mol. The topological polar surface area (TPSA) is 61.2 Å². The summed E-state index contributed by atoms with van der Waals surface area (Å²) in [6, 6.07) is 5.92. The molecule has 0 saturated carbocycles. The Kier molecular flexibility index (Phi) is 5.09. The molecule has 2 rings (SSSR count). The van der Waals surface area contributed by atoms with Gasteiger partial charge in [-0.05, 0) is 30.7 Å². The number of aryl methyl sites for hydroxylation is 1. The van der Waals surface area contributed by atoms with E-state index >= 15 is 0 Å². The van der Waals surface area contributed by atoms with Gasteiger partial charge in [0, 0.05) is 20.2 Å². The molecule has 0 aliphatic rings. The van der Waals surface area contributed by atoms with Crippen molar-refractivity contribution in [3.05, 3.63) is 35.7 Å². The van der Waals surface area contributed by atoms with Crippen LogP contribution in [0.4, 0.5) is 0 Å². The Hall–Kier alpha value is -1.92. The van der Waals surface area contributed by atoms with E-state index in [2.05, 4.69) is 15.6 Å². The van der Waals surface area contributed by atoms with Gasteiger partial charge in [-0.2, -0.15) is 0 Å². The summed E-state index contributed by atoms with van der Waals surface area (Å²) in [5, 5.41) is 11.5. The van der Waals surface area contributed by atoms with Crippen LogP contribution in [-0.2, 0) is 11.3 Å². The van der Waals surface area contributed by atoms with Crippen molar-refractivity contribution in [3.63, 3.8) is 0 Å². The van der Waals surface area contributed by atoms with Crippen molar-refractivity contribution < 1.29 is 9.47 Å². The second-order valence-electron chi connectivity index (χ2n) is 4.48. The molecule has 1 aromatic carbocycles. The molecule has 0 aliphatic heterocycles. The first-order valence-electron chi connectivity index (χ1n) is 6.50. The Morgan fingerprint density at radius 1 is 1.30 bits per heavy atom. The van der Waals surface area contributed by atoms with Crippen LogP contribution in [0.25, 0.3) is 5.69 Å². The number of nitrogens with zero attached hydrogens (tertiary/aromatic N) is 3. The fraction of sp³-hybridized carbons (Fsp3) is 0.429. The van der Waals surface area contributed by atoms with Crippen LogP contribution in [0.1, 0.15) is 11.3 Å². The molecule has 0 amide bonds. The fourth-order valence-electron chi connectivity index (χ4n) is 1.90. The van der Waals surface area contributed by atoms with Crippen molar-refractivity contribution in [2.45, 2.75) is 13.5 Å². The molecule has 1 aromatic heterocycles. The lowest BCUT2D eigenvalue weighted by Crippen LogP contribution is -2.18. The number of aromatic nitrogens is 3. The molecule has 0 aliphatic carbocycles. The number of rotatable bonds is 7. The van der Waals surface area contributed by atoms with E-state index in [0.29, 0.717) is 13.2 Å². The molecule has 6 heteroatoms. The Labute approximate surface area is 118 Å². The van der Waals surface area contributed by atoms with E-state index in [1.54, 1.807) is 18.9 Å². The molecule has 0 unspecified atom stereocenters. The number of hydrogen-bond acceptors (Lipinski definition) is 5. The zero-order valence-corrected chi connectivity index (χ0v) is 12.1. The van der Waals surface area contributed by atoms with Gasteiger partial charge in [-0.15, -0.1) is 5.10 Å². The number of benzene rings is 1. The van der Waals surface area contributed by atoms with E-state index in [1.165, 1.54) is 0 Å². The standard InChI is InChI=1S/C14H20N4O2/c1-11-8-13(4-5-14(11)20-3)18-10-12(16-17-18)9-15-6-7-19-2/h4-5,8,10,15H,6-7,9H2,1-3H3. The average Bonchev–Trinajstić information content (AvgIpc) is 2.92. The lowest BCUT2D eigenvalue weighted by molar-refractivity contribution is 0.199. The van der Waals surface area contributed by atoms with Gasteiger partial charge in [0.15, 0.2) is 0 Å². The van der Waals surface area contributed by atoms with Gasteiger partial charge < -0.3 is 14.8 Å². The molecule has 0 fully saturated rings. The lowest BCUT2D eigenvalue weighted by Gasteiger charge is -2.06. The molecule has 0 bridgehead atoms. The maximum Gasteiger partial charge on any atom is 0.121 e. The first-order valence-corrected chi connectivity index (χ1v) is 6.50. The highest BCUT2D eigenvalue weighted by Crippen LogP contribution is 2.20. The minimum Gasteiger partial charge on any atom is -0.496 e. The molecule has 108 valence electrons. The second kappa shape index (κ2) is 7.02. The molecule has 0 atom stereocenters. The molecule has 0 spiro atoms. The van der Waals surface area contributed by atoms with Gasteiger partial charge in [0.25, 0.3) is 0 Å². The van der Waals surface area contributed by atoms with Gasteiger partial charge in [0.1, 0.15) is 5.75 Å². The molecular weight excluding hydrogens is 256 g/mol. The predicted octanol–water partition coefficient (Wildman–Crippen LogP) is 1.32. The number of nitrogens with one attached hydrogen (secondary N) is 1. The summed E-state index contributed by atoms with van der Waals surface area (Å²) in [4.78, 5) is 0. The molecular formula is C14H20N4O2. The lowest BCUT2D eigenvalue weighted by atomic mass is 10.2. The summed E-state index contributed by atoms with van der Waals surface area (Å²) in [6.45, 7) is 4.17. The molecule has 6 nitrogen and oxygen atoms in total. The number of ether oxygens (including phenoxy) is 2. The average molecular weight is 276 g/mol. The fourth-order valence-corrected chi connectivity index (χ4v) is 1.90. The number of hydrogen-bond donors (Lipinski definition) is 1. The SMILES string of the molecule is COCCNCc1cn(-c2ccc(OC)c(C)c2)nn1. The van der Waals surface area contributed by atoms with Gasteiger partial charge in [-0.25, -0.2) is 4.68 Å². The highest BCUT2D eigenvalue weighted by atomic mass is 16.5. The van der Waals surface area contributed by atoms with Gasteiger partial charge in [-0.3, -0.25) is 0 Å². The summed E-state index contributed by atoms with van der Waals surface area (Å²) in [5.74, 6) is 0.871. The van der Waals surface area contributed by atoms with Crippen LogP contribution in [-0.4, -0.2) is 42.4 Å². The quantitative estimate of drug-likeness (QED) is 0.773. The smallest absolute Gasteiger partial charge is 0.121 e. The van der Waals surface area contributed by atoms with Crippen LogP contribution in [0.5, 0.6) is 5.75 Å². The highest BCUT2D eigenvalue weighted by Gasteiger charge is 2.05. The van der Waals surface area contributed by atoms with E-state index < -0.39 is 0 Å². The third-order valence-corrected chi connectivity index (χ3v) is 2.97. The summed E-state index contributed by atoms with van der Waals surface area (Å²) in [6.07, 6.45) is 1.92. The van der Waals surface area contributed by atoms with Gasteiger partial charge in [-0.1, -0.05) is 5.21 Å². The first kappa shape index (κ1) is 14.5. The van der Waals surface area contributed by atoms with Crippen molar-refractivity contribution >= 4 is 0 Å². The highest BCUT2D eigenvalue weighted by molar-refractivity contribution is 5.43. The van der Waals surface area contributed by atoms with E-state index in [0.717, 1.165) is 29.2 Å². The molecule has 20 heavy (non-hydrogen) atoms. The van der Waals surface area contributed by atoms with Gasteiger partial charge in [0.05, 0.1) is 31.3 Å². The van der Waals surface area contributed by atoms with Crippen molar-refractivity contribution in [1.29, 1.82) is 0 Å². The Morgan fingerprint density at radius 3 is 2.85 bits per heavy atom. The molecule has 1 heterocycles. The van der Waals surface area contributed by atoms with Crippen molar-refractivity contribution in [1.82, 2.24) is 20.3 Å². The summed E-state index contributed by atoms with van der Waals surface area (Å²) >= 11 is 0. The Morgan fingerprint density at radius 2 is 2.15 bits per heavy atom. The van der Waals surface area contributed by atoms with E-state index in [1.807, 2.05) is 31.3 Å². The van der Waals surface area contributed by atoms with E-state index in [9.17, 15) is 0 Å². The van der Waals surface area contributed by atoms with Crippen LogP contribution in [0, 0.1) is 6.92 Å². The van der Waals surface area contributed by atoms with Crippen LogP contribution >= 0.6 is 0 Å². The molecule has 0 saturated heterocycles. The van der Waals surface area contributed by atoms with Gasteiger partial charge >= 0.3 is 0 Å². The molecule has 2 aromatic rings. The maximum atomic E-state index is 5.25. The zero-order chi connectivity index (χ0) is 14.4. The summed E-state index contributed by atoms with van der Waals surface area (Å²) in [5.41, 5.74) is 2.94. The van der Waals surface area contributed by atoms with Crippen LogP contribution < -0.4 is 10.1 Å². The van der Waals surface area contributed by atoms with Crippen molar-refractivity contribution in [2.24, 2.45) is 0 Å². The Bertz CT molecular complexity index is 554. The van der Waals surface area contributed by atoms with E-state index in [-0.39, 0.29) is 0 Å². The first-order chi connectivity index (χ1) is 9.74. The van der Waals surface area contributed by atoms with Crippen LogP contribution in [0.2, 0.25) is 0 Å². The minimum atomic E-state index is 0.679. The third-order valence-electron chi connectivity index (χ3n) is 2.97. The second-order valence-corrected chi connectivity index (χ2v) is 4.48. The summed E-state index contributed by atoms with van der Waals surface area (Å²) in [7, 11) is 3.35. The normalized spacial score (nSPS) is 10.8. The van der Waals surface area contributed by atoms with Crippen LogP contribution in [0.3, 0.4) is 0 Å². The van der Waals surface area contributed by atoms with Gasteiger partial charge in [0.2, 0.25) is 0 Å². The molecule has 0 radical (unpaired) electrons. The predicted molar refractivity (Wildman–Crippen MR) is 76.2 cm³/mol. The number of methoxy groups -OCH3 is 2. The largest absolute Gasteiger partial charge is 0.496 e. The third kappa shape index (κ3) is 3.55. The van der Waals surface area contributed by atoms with Crippen molar-refractivity contribution in [2.75, 3.05) is 27.4 Å². The Balaban J connectivity index is 2.03. The summed E-state index contributed by atoms with van der Waals surface area (Å²) < 4.78 is 12.0. The molecule has 1 N–H and O–H groups in total.